The third-order valence-electron chi connectivity index (χ3n) is 2.54. The molecule has 4 heteroatoms. The molecule has 0 saturated heterocycles. The summed E-state index contributed by atoms with van der Waals surface area (Å²) in [4.78, 5) is 12.6. The van der Waals surface area contributed by atoms with Crippen LogP contribution in [0.1, 0.15) is 19.4 Å². The maximum atomic E-state index is 10.7. The van der Waals surface area contributed by atoms with E-state index in [1.165, 1.54) is 6.07 Å². The van der Waals surface area contributed by atoms with E-state index in [1.807, 2.05) is 12.1 Å². The lowest BCUT2D eigenvalue weighted by Crippen LogP contribution is -2.27. The van der Waals surface area contributed by atoms with Crippen LogP contribution in [0.2, 0.25) is 0 Å². The Morgan fingerprint density at radius 3 is 2.78 bits per heavy atom. The van der Waals surface area contributed by atoms with Gasteiger partial charge < -0.3 is 0 Å². The van der Waals surface area contributed by atoms with E-state index < -0.39 is 0 Å². The molecule has 4 nitrogen and oxygen atoms in total. The quantitative estimate of drug-likeness (QED) is 0.423. The van der Waals surface area contributed by atoms with Crippen LogP contribution in [-0.2, 0) is 6.54 Å². The molecule has 0 aromatic heterocycles. The molecule has 0 saturated carbocycles. The molecule has 0 heterocycles. The van der Waals surface area contributed by atoms with Gasteiger partial charge in [-0.3, -0.25) is 15.0 Å². The van der Waals surface area contributed by atoms with Gasteiger partial charge in [-0.15, -0.1) is 6.58 Å². The lowest BCUT2D eigenvalue weighted by atomic mass is 10.1. The fourth-order valence-corrected chi connectivity index (χ4v) is 1.93. The lowest BCUT2D eigenvalue weighted by Gasteiger charge is -2.22. The molecule has 0 aliphatic carbocycles. The van der Waals surface area contributed by atoms with Crippen LogP contribution in [0.15, 0.2) is 36.9 Å². The molecule has 1 aromatic carbocycles. The topological polar surface area (TPSA) is 46.4 Å². The minimum absolute atomic E-state index is 0.149. The molecule has 1 rings (SSSR count). The number of hydrogen-bond acceptors (Lipinski definition) is 3. The van der Waals surface area contributed by atoms with Gasteiger partial charge in [0.1, 0.15) is 0 Å². The van der Waals surface area contributed by atoms with E-state index in [-0.39, 0.29) is 10.6 Å². The minimum Gasteiger partial charge on any atom is -0.295 e. The van der Waals surface area contributed by atoms with Gasteiger partial charge in [0.25, 0.3) is 5.69 Å². The molecule has 98 valence electrons. The van der Waals surface area contributed by atoms with E-state index in [0.717, 1.165) is 18.7 Å². The summed E-state index contributed by atoms with van der Waals surface area (Å²) in [5.41, 5.74) is 1.11. The Labute approximate surface area is 108 Å². The second-order valence-electron chi connectivity index (χ2n) is 4.80. The highest BCUT2D eigenvalue weighted by Crippen LogP contribution is 2.15. The van der Waals surface area contributed by atoms with Crippen LogP contribution in [0.5, 0.6) is 0 Å². The SMILES string of the molecule is C=CCN(Cc1cccc([N+](=O)[O-])c1)CC(C)C. The first kappa shape index (κ1) is 14.4. The summed E-state index contributed by atoms with van der Waals surface area (Å²) in [5, 5.41) is 10.7. The van der Waals surface area contributed by atoms with Gasteiger partial charge in [0.15, 0.2) is 0 Å². The van der Waals surface area contributed by atoms with E-state index in [2.05, 4.69) is 25.3 Å². The van der Waals surface area contributed by atoms with E-state index in [4.69, 9.17) is 0 Å². The number of nitrogens with zero attached hydrogens (tertiary/aromatic N) is 2. The Hall–Kier alpha value is -1.68. The van der Waals surface area contributed by atoms with Crippen LogP contribution in [0, 0.1) is 16.0 Å². The molecule has 0 N–H and O–H groups in total. The van der Waals surface area contributed by atoms with Crippen molar-refractivity contribution >= 4 is 5.69 Å². The highest BCUT2D eigenvalue weighted by Gasteiger charge is 2.10. The monoisotopic (exact) mass is 248 g/mol. The van der Waals surface area contributed by atoms with E-state index in [9.17, 15) is 10.1 Å². The zero-order chi connectivity index (χ0) is 13.5. The summed E-state index contributed by atoms with van der Waals surface area (Å²) in [6, 6.07) is 6.80. The number of benzene rings is 1. The van der Waals surface area contributed by atoms with Crippen molar-refractivity contribution in [1.82, 2.24) is 4.90 Å². The summed E-state index contributed by atoms with van der Waals surface area (Å²) in [6.45, 7) is 10.5. The maximum Gasteiger partial charge on any atom is 0.269 e. The molecule has 0 aliphatic rings. The van der Waals surface area contributed by atoms with Crippen molar-refractivity contribution in [2.45, 2.75) is 20.4 Å². The first-order valence-electron chi connectivity index (χ1n) is 6.09. The first-order valence-corrected chi connectivity index (χ1v) is 6.09. The Morgan fingerprint density at radius 2 is 2.22 bits per heavy atom. The summed E-state index contributed by atoms with van der Waals surface area (Å²) in [6.07, 6.45) is 1.86. The molecule has 0 aliphatic heterocycles. The Morgan fingerprint density at radius 1 is 1.50 bits per heavy atom. The van der Waals surface area contributed by atoms with Gasteiger partial charge in [-0.1, -0.05) is 32.1 Å². The Bertz CT molecular complexity index is 416. The van der Waals surface area contributed by atoms with Gasteiger partial charge >= 0.3 is 0 Å². The van der Waals surface area contributed by atoms with E-state index in [1.54, 1.807) is 12.1 Å². The molecule has 0 amide bonds. The molecule has 18 heavy (non-hydrogen) atoms. The third-order valence-corrected chi connectivity index (χ3v) is 2.54. The molecule has 0 fully saturated rings. The normalized spacial score (nSPS) is 10.9. The Kier molecular flexibility index (Phi) is 5.52. The highest BCUT2D eigenvalue weighted by atomic mass is 16.6. The minimum atomic E-state index is -0.357. The summed E-state index contributed by atoms with van der Waals surface area (Å²) < 4.78 is 0. The van der Waals surface area contributed by atoms with Crippen molar-refractivity contribution in [3.05, 3.63) is 52.6 Å². The fraction of sp³-hybridized carbons (Fsp3) is 0.429. The third kappa shape index (κ3) is 4.67. The van der Waals surface area contributed by atoms with Crippen LogP contribution in [0.25, 0.3) is 0 Å². The summed E-state index contributed by atoms with van der Waals surface area (Å²) >= 11 is 0. The van der Waals surface area contributed by atoms with Gasteiger partial charge in [0.2, 0.25) is 0 Å². The number of nitro groups is 1. The molecule has 1 aromatic rings. The largest absolute Gasteiger partial charge is 0.295 e. The van der Waals surface area contributed by atoms with Crippen molar-refractivity contribution in [1.29, 1.82) is 0 Å². The second kappa shape index (κ2) is 6.91. The van der Waals surface area contributed by atoms with Crippen molar-refractivity contribution in [2.75, 3.05) is 13.1 Å². The van der Waals surface area contributed by atoms with Crippen LogP contribution in [0.3, 0.4) is 0 Å². The van der Waals surface area contributed by atoms with Gasteiger partial charge in [-0.2, -0.15) is 0 Å². The smallest absolute Gasteiger partial charge is 0.269 e. The average molecular weight is 248 g/mol. The molecule has 0 spiro atoms. The lowest BCUT2D eigenvalue weighted by molar-refractivity contribution is -0.384. The van der Waals surface area contributed by atoms with Crippen LogP contribution >= 0.6 is 0 Å². The first-order chi connectivity index (χ1) is 8.52. The Balaban J connectivity index is 2.76. The molecular weight excluding hydrogens is 228 g/mol. The molecule has 0 radical (unpaired) electrons. The van der Waals surface area contributed by atoms with Gasteiger partial charge in [-0.05, 0) is 11.5 Å². The second-order valence-corrected chi connectivity index (χ2v) is 4.80. The van der Waals surface area contributed by atoms with Crippen LogP contribution < -0.4 is 0 Å². The van der Waals surface area contributed by atoms with Gasteiger partial charge in [-0.25, -0.2) is 0 Å². The number of nitro benzene ring substituents is 1. The van der Waals surface area contributed by atoms with Crippen LogP contribution in [-0.4, -0.2) is 22.9 Å². The zero-order valence-corrected chi connectivity index (χ0v) is 11.0. The van der Waals surface area contributed by atoms with Crippen molar-refractivity contribution in [3.63, 3.8) is 0 Å². The number of non-ortho nitro benzene ring substituents is 1. The summed E-state index contributed by atoms with van der Waals surface area (Å²) in [5.74, 6) is 0.559. The van der Waals surface area contributed by atoms with E-state index in [0.29, 0.717) is 12.5 Å². The average Bonchev–Trinajstić information content (AvgIpc) is 2.28. The zero-order valence-electron chi connectivity index (χ0n) is 11.0. The van der Waals surface area contributed by atoms with Crippen molar-refractivity contribution < 1.29 is 4.92 Å². The highest BCUT2D eigenvalue weighted by molar-refractivity contribution is 5.34. The van der Waals surface area contributed by atoms with Gasteiger partial charge in [0, 0.05) is 31.8 Å². The predicted octanol–water partition coefficient (Wildman–Crippen LogP) is 3.24. The molecule has 0 bridgehead atoms. The number of hydrogen-bond donors (Lipinski definition) is 0. The maximum absolute atomic E-state index is 10.7. The molecular formula is C14H20N2O2. The van der Waals surface area contributed by atoms with E-state index >= 15 is 0 Å². The van der Waals surface area contributed by atoms with Gasteiger partial charge in [0.05, 0.1) is 4.92 Å². The molecule has 0 atom stereocenters. The summed E-state index contributed by atoms with van der Waals surface area (Å²) in [7, 11) is 0. The molecule has 0 unspecified atom stereocenters. The fourth-order valence-electron chi connectivity index (χ4n) is 1.93. The number of rotatable bonds is 7. The van der Waals surface area contributed by atoms with Crippen molar-refractivity contribution in [3.8, 4) is 0 Å². The van der Waals surface area contributed by atoms with Crippen molar-refractivity contribution in [2.24, 2.45) is 5.92 Å². The van der Waals surface area contributed by atoms with Crippen LogP contribution in [0.4, 0.5) is 5.69 Å². The standard InChI is InChI=1S/C14H20N2O2/c1-4-8-15(10-12(2)3)11-13-6-5-7-14(9-13)16(17)18/h4-7,9,12H,1,8,10-11H2,2-3H3. The predicted molar refractivity (Wildman–Crippen MR) is 73.4 cm³/mol.